The molecular formula is C35H45N3O8. The molecule has 0 fully saturated rings. The Morgan fingerprint density at radius 2 is 1.61 bits per heavy atom. The van der Waals surface area contributed by atoms with Gasteiger partial charge in [-0.05, 0) is 48.4 Å². The van der Waals surface area contributed by atoms with E-state index in [9.17, 15) is 19.2 Å². The van der Waals surface area contributed by atoms with Crippen molar-refractivity contribution >= 4 is 23.9 Å². The van der Waals surface area contributed by atoms with Gasteiger partial charge >= 0.3 is 12.1 Å². The van der Waals surface area contributed by atoms with Gasteiger partial charge in [0.25, 0.3) is 0 Å². The third-order valence-corrected chi connectivity index (χ3v) is 7.50. The van der Waals surface area contributed by atoms with E-state index in [0.717, 1.165) is 22.3 Å². The molecule has 0 unspecified atom stereocenters. The summed E-state index contributed by atoms with van der Waals surface area (Å²) < 4.78 is 16.2. The van der Waals surface area contributed by atoms with E-state index >= 15 is 0 Å². The predicted octanol–water partition coefficient (Wildman–Crippen LogP) is 3.62. The number of hydrogen-bond acceptors (Lipinski definition) is 8. The highest BCUT2D eigenvalue weighted by atomic mass is 16.6. The van der Waals surface area contributed by atoms with Crippen LogP contribution in [0.2, 0.25) is 0 Å². The van der Waals surface area contributed by atoms with Crippen LogP contribution in [-0.4, -0.2) is 80.6 Å². The summed E-state index contributed by atoms with van der Waals surface area (Å²) in [7, 11) is 0. The number of ether oxygens (including phenoxy) is 3. The lowest BCUT2D eigenvalue weighted by Gasteiger charge is -2.21. The fourth-order valence-electron chi connectivity index (χ4n) is 5.24. The number of allylic oxidation sites excluding steroid dienone is 2. The van der Waals surface area contributed by atoms with Gasteiger partial charge < -0.3 is 35.3 Å². The third kappa shape index (κ3) is 10.8. The number of benzene rings is 2. The molecule has 2 aromatic rings. The minimum absolute atomic E-state index is 0.0575. The van der Waals surface area contributed by atoms with Crippen LogP contribution in [0.4, 0.5) is 4.79 Å². The summed E-state index contributed by atoms with van der Waals surface area (Å²) in [6.07, 6.45) is 3.40. The molecule has 0 aliphatic heterocycles. The Morgan fingerprint density at radius 1 is 0.935 bits per heavy atom. The smallest absolute Gasteiger partial charge is 0.407 e. The van der Waals surface area contributed by atoms with Crippen LogP contribution in [0.1, 0.15) is 49.7 Å². The summed E-state index contributed by atoms with van der Waals surface area (Å²) in [6, 6.07) is 14.5. The van der Waals surface area contributed by atoms with Gasteiger partial charge in [-0.25, -0.2) is 9.59 Å². The van der Waals surface area contributed by atoms with Gasteiger partial charge in [0.15, 0.2) is 0 Å². The van der Waals surface area contributed by atoms with Crippen LogP contribution in [0.3, 0.4) is 0 Å². The highest BCUT2D eigenvalue weighted by Gasteiger charge is 2.30. The van der Waals surface area contributed by atoms with Crippen LogP contribution in [0.25, 0.3) is 11.1 Å². The van der Waals surface area contributed by atoms with Crippen molar-refractivity contribution in [1.29, 1.82) is 0 Å². The first-order chi connectivity index (χ1) is 22.3. The molecule has 2 aromatic carbocycles. The van der Waals surface area contributed by atoms with E-state index < -0.39 is 30.1 Å². The van der Waals surface area contributed by atoms with Crippen molar-refractivity contribution < 1.29 is 38.5 Å². The van der Waals surface area contributed by atoms with Gasteiger partial charge in [0.05, 0.1) is 31.8 Å². The minimum Gasteiger partial charge on any atom is -0.462 e. The van der Waals surface area contributed by atoms with E-state index in [-0.39, 0.29) is 76.6 Å². The molecule has 248 valence electrons. The summed E-state index contributed by atoms with van der Waals surface area (Å²) in [5, 5.41) is 16.8. The molecule has 0 saturated carbocycles. The van der Waals surface area contributed by atoms with Gasteiger partial charge in [0.2, 0.25) is 11.8 Å². The molecule has 0 bridgehead atoms. The number of amides is 3. The fraction of sp³-hybridized carbons (Fsp3) is 0.429. The van der Waals surface area contributed by atoms with Crippen LogP contribution < -0.4 is 16.0 Å². The average molecular weight is 636 g/mol. The zero-order valence-corrected chi connectivity index (χ0v) is 26.4. The Morgan fingerprint density at radius 3 is 2.24 bits per heavy atom. The number of aliphatic hydroxyl groups excluding tert-OH is 1. The molecular weight excluding hydrogens is 590 g/mol. The molecule has 1 aliphatic carbocycles. The van der Waals surface area contributed by atoms with Crippen molar-refractivity contribution in [2.45, 2.75) is 50.6 Å². The van der Waals surface area contributed by atoms with Gasteiger partial charge in [0, 0.05) is 18.9 Å². The number of fused-ring (bicyclic) bond motifs is 3. The van der Waals surface area contributed by atoms with Crippen molar-refractivity contribution in [3.8, 4) is 11.1 Å². The second-order valence-electron chi connectivity index (χ2n) is 11.0. The first-order valence-electron chi connectivity index (χ1n) is 15.5. The lowest BCUT2D eigenvalue weighted by molar-refractivity contribution is -0.147. The first-order valence-corrected chi connectivity index (χ1v) is 15.5. The Hall–Kier alpha value is -4.48. The Bertz CT molecular complexity index is 1300. The van der Waals surface area contributed by atoms with E-state index in [2.05, 4.69) is 41.2 Å². The maximum Gasteiger partial charge on any atom is 0.407 e. The maximum atomic E-state index is 13.0. The lowest BCUT2D eigenvalue weighted by atomic mass is 9.98. The van der Waals surface area contributed by atoms with E-state index in [1.54, 1.807) is 19.1 Å². The van der Waals surface area contributed by atoms with Gasteiger partial charge in [-0.15, -0.1) is 13.2 Å². The van der Waals surface area contributed by atoms with Gasteiger partial charge in [-0.3, -0.25) is 9.59 Å². The highest BCUT2D eigenvalue weighted by Crippen LogP contribution is 2.44. The highest BCUT2D eigenvalue weighted by molar-refractivity contribution is 5.86. The molecule has 4 N–H and O–H groups in total. The van der Waals surface area contributed by atoms with Crippen LogP contribution >= 0.6 is 0 Å². The van der Waals surface area contributed by atoms with Crippen molar-refractivity contribution in [1.82, 2.24) is 16.0 Å². The topological polar surface area (TPSA) is 152 Å². The maximum absolute atomic E-state index is 13.0. The molecule has 3 rings (SSSR count). The summed E-state index contributed by atoms with van der Waals surface area (Å²) in [5.41, 5.74) is 4.38. The van der Waals surface area contributed by atoms with Crippen LogP contribution in [0.15, 0.2) is 73.8 Å². The summed E-state index contributed by atoms with van der Waals surface area (Å²) in [5.74, 6) is -2.15. The summed E-state index contributed by atoms with van der Waals surface area (Å²) in [6.45, 7) is 9.58. The van der Waals surface area contributed by atoms with E-state index in [1.807, 2.05) is 36.4 Å². The second kappa shape index (κ2) is 19.1. The molecule has 0 spiro atoms. The van der Waals surface area contributed by atoms with Crippen molar-refractivity contribution in [2.75, 3.05) is 39.6 Å². The normalized spacial score (nSPS) is 13.7. The van der Waals surface area contributed by atoms with E-state index in [1.165, 1.54) is 0 Å². The SMILES string of the molecule is C=CCC[C@H](NC(=O)OCC1c2ccccc2-c2ccccc21)C(=O)OC[C@H](C)NC(=O)[C@H](CC=C)CC(=O)NCCOCCO. The molecule has 3 atom stereocenters. The molecule has 0 saturated heterocycles. The van der Waals surface area contributed by atoms with Crippen LogP contribution in [0.5, 0.6) is 0 Å². The number of hydrogen-bond donors (Lipinski definition) is 4. The first kappa shape index (κ1) is 36.0. The van der Waals surface area contributed by atoms with E-state index in [4.69, 9.17) is 19.3 Å². The molecule has 46 heavy (non-hydrogen) atoms. The molecule has 1 aliphatic rings. The number of esters is 1. The van der Waals surface area contributed by atoms with Crippen LogP contribution in [0, 0.1) is 5.92 Å². The molecule has 0 aromatic heterocycles. The monoisotopic (exact) mass is 635 g/mol. The second-order valence-corrected chi connectivity index (χ2v) is 11.0. The zero-order valence-electron chi connectivity index (χ0n) is 26.4. The van der Waals surface area contributed by atoms with Crippen molar-refractivity contribution in [3.05, 3.63) is 85.0 Å². The largest absolute Gasteiger partial charge is 0.462 e. The van der Waals surface area contributed by atoms with E-state index in [0.29, 0.717) is 6.42 Å². The number of nitrogens with one attached hydrogen (secondary N) is 3. The van der Waals surface area contributed by atoms with Gasteiger partial charge in [-0.1, -0.05) is 60.7 Å². The standard InChI is InChI=1S/C35H45N3O8/c1-4-6-16-31(38-35(43)46-23-30-28-14-9-7-12-26(28)27-13-8-10-15-29(27)30)34(42)45-22-24(3)37-33(41)25(11-5-2)21-32(40)36-17-19-44-20-18-39/h4-5,7-10,12-15,24-25,30-31,39H,1-2,6,11,16-23H2,3H3,(H,36,40)(H,37,41)(H,38,43)/t24-,25+,31-/m0/s1. The molecule has 11 heteroatoms. The number of carbonyl (C=O) groups is 4. The number of carbonyl (C=O) groups excluding carboxylic acids is 4. The molecule has 0 radical (unpaired) electrons. The number of aliphatic hydroxyl groups is 1. The van der Waals surface area contributed by atoms with Crippen molar-refractivity contribution in [2.24, 2.45) is 5.92 Å². The minimum atomic E-state index is -0.977. The number of alkyl carbamates (subject to hydrolysis) is 1. The zero-order chi connectivity index (χ0) is 33.3. The molecule has 11 nitrogen and oxygen atoms in total. The molecule has 0 heterocycles. The number of rotatable bonds is 20. The Labute approximate surface area is 270 Å². The Kier molecular flexibility index (Phi) is 15.0. The van der Waals surface area contributed by atoms with Gasteiger partial charge in [-0.2, -0.15) is 0 Å². The lowest BCUT2D eigenvalue weighted by Crippen LogP contribution is -2.45. The quantitative estimate of drug-likeness (QED) is 0.0979. The predicted molar refractivity (Wildman–Crippen MR) is 174 cm³/mol. The summed E-state index contributed by atoms with van der Waals surface area (Å²) >= 11 is 0. The molecule has 3 amide bonds. The average Bonchev–Trinajstić information content (AvgIpc) is 3.37. The fourth-order valence-corrected chi connectivity index (χ4v) is 5.24. The van der Waals surface area contributed by atoms with Crippen molar-refractivity contribution in [3.63, 3.8) is 0 Å². The van der Waals surface area contributed by atoms with Crippen LogP contribution in [-0.2, 0) is 28.6 Å². The third-order valence-electron chi connectivity index (χ3n) is 7.50. The Balaban J connectivity index is 1.48. The summed E-state index contributed by atoms with van der Waals surface area (Å²) in [4.78, 5) is 51.0. The van der Waals surface area contributed by atoms with Gasteiger partial charge in [0.1, 0.15) is 19.3 Å².